The quantitative estimate of drug-likeness (QED) is 0.587. The first-order valence-corrected chi connectivity index (χ1v) is 6.37. The number of furan rings is 1. The van der Waals surface area contributed by atoms with Gasteiger partial charge in [0.2, 0.25) is 0 Å². The first kappa shape index (κ1) is 10.2. The van der Waals surface area contributed by atoms with Gasteiger partial charge in [-0.05, 0) is 24.6 Å². The van der Waals surface area contributed by atoms with Gasteiger partial charge in [0.25, 0.3) is 0 Å². The molecule has 0 spiro atoms. The third kappa shape index (κ3) is 1.39. The minimum absolute atomic E-state index is 0.710. The van der Waals surface area contributed by atoms with Gasteiger partial charge < -0.3 is 4.42 Å². The topological polar surface area (TPSA) is 26.0 Å². The van der Waals surface area contributed by atoms with Crippen LogP contribution in [0.4, 0.5) is 0 Å². The molecule has 18 heavy (non-hydrogen) atoms. The normalized spacial score (nSPS) is 14.3. The number of rotatable bonds is 0. The highest BCUT2D eigenvalue weighted by molar-refractivity contribution is 6.31. The van der Waals surface area contributed by atoms with Crippen LogP contribution in [0.15, 0.2) is 34.8 Å². The number of aromatic nitrogens is 1. The van der Waals surface area contributed by atoms with Crippen molar-refractivity contribution in [2.24, 2.45) is 0 Å². The summed E-state index contributed by atoms with van der Waals surface area (Å²) in [5.41, 5.74) is 3.84. The van der Waals surface area contributed by atoms with Gasteiger partial charge in [-0.3, -0.25) is 0 Å². The minimum atomic E-state index is 0.710. The van der Waals surface area contributed by atoms with Crippen molar-refractivity contribution in [2.75, 3.05) is 0 Å². The number of aryl methyl sites for hydroxylation is 1. The number of hydrogen-bond acceptors (Lipinski definition) is 2. The van der Waals surface area contributed by atoms with E-state index in [0.29, 0.717) is 5.02 Å². The average molecular weight is 256 g/mol. The van der Waals surface area contributed by atoms with Crippen LogP contribution in [-0.4, -0.2) is 4.98 Å². The lowest BCUT2D eigenvalue weighted by molar-refractivity contribution is 0.546. The Morgan fingerprint density at radius 1 is 1.22 bits per heavy atom. The van der Waals surface area contributed by atoms with Gasteiger partial charge in [-0.1, -0.05) is 29.8 Å². The monoisotopic (exact) mass is 255 g/mol. The Kier molecular flexibility index (Phi) is 2.03. The largest absolute Gasteiger partial charge is 0.459 e. The molecule has 3 aromatic rings. The lowest BCUT2D eigenvalue weighted by Gasteiger charge is -2.01. The van der Waals surface area contributed by atoms with Crippen molar-refractivity contribution in [3.8, 4) is 0 Å². The van der Waals surface area contributed by atoms with Gasteiger partial charge in [-0.2, -0.15) is 0 Å². The molecule has 2 heterocycles. The summed E-state index contributed by atoms with van der Waals surface area (Å²) in [6, 6.07) is 7.78. The maximum atomic E-state index is 6.01. The Balaban J connectivity index is 2.13. The van der Waals surface area contributed by atoms with Gasteiger partial charge in [0.05, 0.1) is 5.52 Å². The van der Waals surface area contributed by atoms with Gasteiger partial charge >= 0.3 is 0 Å². The molecule has 0 saturated heterocycles. The van der Waals surface area contributed by atoms with Crippen molar-refractivity contribution in [1.29, 1.82) is 0 Å². The summed E-state index contributed by atoms with van der Waals surface area (Å²) in [6.45, 7) is 0. The van der Waals surface area contributed by atoms with Crippen LogP contribution in [0.1, 0.15) is 17.7 Å². The molecule has 0 fully saturated rings. The SMILES string of the molecule is Clc1ccc2cc3oc4c(c3nc2c1)C=CCC4. The van der Waals surface area contributed by atoms with Crippen LogP contribution in [0.3, 0.4) is 0 Å². The molecule has 0 aliphatic heterocycles. The number of benzene rings is 1. The zero-order valence-electron chi connectivity index (χ0n) is 9.61. The molecular formula is C15H10ClNO. The lowest BCUT2D eigenvalue weighted by atomic mass is 10.0. The molecule has 1 aliphatic rings. The molecular weight excluding hydrogens is 246 g/mol. The van der Waals surface area contributed by atoms with Crippen molar-refractivity contribution in [2.45, 2.75) is 12.8 Å². The van der Waals surface area contributed by atoms with E-state index in [1.165, 1.54) is 0 Å². The molecule has 0 unspecified atom stereocenters. The Labute approximate surface area is 109 Å². The number of pyridine rings is 1. The Bertz CT molecular complexity index is 801. The van der Waals surface area contributed by atoms with E-state index in [1.54, 1.807) is 0 Å². The van der Waals surface area contributed by atoms with E-state index in [4.69, 9.17) is 16.0 Å². The summed E-state index contributed by atoms with van der Waals surface area (Å²) in [5.74, 6) is 1.04. The van der Waals surface area contributed by atoms with E-state index in [0.717, 1.165) is 46.2 Å². The zero-order chi connectivity index (χ0) is 12.1. The summed E-state index contributed by atoms with van der Waals surface area (Å²) in [4.78, 5) is 4.68. The van der Waals surface area contributed by atoms with Crippen molar-refractivity contribution < 1.29 is 4.42 Å². The van der Waals surface area contributed by atoms with Crippen molar-refractivity contribution >= 4 is 39.7 Å². The first-order chi connectivity index (χ1) is 8.81. The summed E-state index contributed by atoms with van der Waals surface area (Å²) in [5, 5.41) is 1.77. The van der Waals surface area contributed by atoms with Crippen molar-refractivity contribution in [3.05, 3.63) is 46.7 Å². The van der Waals surface area contributed by atoms with Gasteiger partial charge in [0, 0.05) is 22.4 Å². The summed E-state index contributed by atoms with van der Waals surface area (Å²) >= 11 is 6.01. The maximum absolute atomic E-state index is 6.01. The average Bonchev–Trinajstić information content (AvgIpc) is 2.74. The van der Waals surface area contributed by atoms with Gasteiger partial charge in [0.1, 0.15) is 11.3 Å². The fourth-order valence-electron chi connectivity index (χ4n) is 2.48. The van der Waals surface area contributed by atoms with Crippen LogP contribution < -0.4 is 0 Å². The predicted molar refractivity (Wildman–Crippen MR) is 73.9 cm³/mol. The summed E-state index contributed by atoms with van der Waals surface area (Å²) < 4.78 is 5.88. The number of nitrogens with zero attached hydrogens (tertiary/aromatic N) is 1. The molecule has 2 aromatic heterocycles. The fourth-order valence-corrected chi connectivity index (χ4v) is 2.65. The van der Waals surface area contributed by atoms with Crippen LogP contribution >= 0.6 is 11.6 Å². The molecule has 0 amide bonds. The second-order valence-corrected chi connectivity index (χ2v) is 4.99. The molecule has 0 bridgehead atoms. The van der Waals surface area contributed by atoms with E-state index < -0.39 is 0 Å². The highest BCUT2D eigenvalue weighted by atomic mass is 35.5. The highest BCUT2D eigenvalue weighted by Gasteiger charge is 2.16. The van der Waals surface area contributed by atoms with Gasteiger partial charge in [-0.15, -0.1) is 0 Å². The zero-order valence-corrected chi connectivity index (χ0v) is 10.4. The van der Waals surface area contributed by atoms with Crippen LogP contribution in [0, 0.1) is 0 Å². The van der Waals surface area contributed by atoms with E-state index in [9.17, 15) is 0 Å². The van der Waals surface area contributed by atoms with Crippen molar-refractivity contribution in [3.63, 3.8) is 0 Å². The van der Waals surface area contributed by atoms with Gasteiger partial charge in [0.15, 0.2) is 5.58 Å². The lowest BCUT2D eigenvalue weighted by Crippen LogP contribution is -1.89. The van der Waals surface area contributed by atoms with E-state index in [1.807, 2.05) is 24.3 Å². The summed E-state index contributed by atoms with van der Waals surface area (Å²) in [7, 11) is 0. The second-order valence-electron chi connectivity index (χ2n) is 4.55. The number of fused-ring (bicyclic) bond motifs is 4. The number of halogens is 1. The smallest absolute Gasteiger partial charge is 0.154 e. The van der Waals surface area contributed by atoms with Crippen LogP contribution in [-0.2, 0) is 6.42 Å². The molecule has 0 atom stereocenters. The maximum Gasteiger partial charge on any atom is 0.154 e. The molecule has 0 saturated carbocycles. The molecule has 1 aliphatic carbocycles. The number of allylic oxidation sites excluding steroid dienone is 1. The standard InChI is InChI=1S/C15H10ClNO/c16-10-6-5-9-7-14-15(17-12(9)8-10)11-3-1-2-4-13(11)18-14/h1,3,5-8H,2,4H2. The molecule has 2 nitrogen and oxygen atoms in total. The predicted octanol–water partition coefficient (Wildman–Crippen LogP) is 4.59. The Morgan fingerprint density at radius 2 is 2.17 bits per heavy atom. The van der Waals surface area contributed by atoms with Crippen molar-refractivity contribution in [1.82, 2.24) is 4.98 Å². The van der Waals surface area contributed by atoms with E-state index in [-0.39, 0.29) is 0 Å². The molecule has 1 aromatic carbocycles. The molecule has 3 heteroatoms. The number of hydrogen-bond donors (Lipinski definition) is 0. The fraction of sp³-hybridized carbons (Fsp3) is 0.133. The molecule has 0 radical (unpaired) electrons. The molecule has 88 valence electrons. The van der Waals surface area contributed by atoms with Crippen LogP contribution in [0.5, 0.6) is 0 Å². The second kappa shape index (κ2) is 3.59. The Hall–Kier alpha value is -1.80. The van der Waals surface area contributed by atoms with Crippen LogP contribution in [0.2, 0.25) is 5.02 Å². The van der Waals surface area contributed by atoms with Crippen LogP contribution in [0.25, 0.3) is 28.1 Å². The minimum Gasteiger partial charge on any atom is -0.459 e. The molecule has 0 N–H and O–H groups in total. The third-order valence-corrected chi connectivity index (χ3v) is 3.59. The highest BCUT2D eigenvalue weighted by Crippen LogP contribution is 2.32. The first-order valence-electron chi connectivity index (χ1n) is 5.99. The summed E-state index contributed by atoms with van der Waals surface area (Å²) in [6.07, 6.45) is 6.27. The third-order valence-electron chi connectivity index (χ3n) is 3.36. The van der Waals surface area contributed by atoms with E-state index >= 15 is 0 Å². The van der Waals surface area contributed by atoms with Gasteiger partial charge in [-0.25, -0.2) is 4.98 Å². The Morgan fingerprint density at radius 3 is 3.11 bits per heavy atom. The molecule has 4 rings (SSSR count). The van der Waals surface area contributed by atoms with E-state index in [2.05, 4.69) is 17.1 Å².